The van der Waals surface area contributed by atoms with Crippen molar-refractivity contribution in [2.45, 2.75) is 19.4 Å². The number of nitrogens with one attached hydrogen (secondary N) is 1. The van der Waals surface area contributed by atoms with Crippen molar-refractivity contribution in [3.63, 3.8) is 0 Å². The van der Waals surface area contributed by atoms with Crippen molar-refractivity contribution in [3.8, 4) is 0 Å². The summed E-state index contributed by atoms with van der Waals surface area (Å²) in [4.78, 5) is 20.7. The number of hydrogen-bond acceptors (Lipinski definition) is 3. The molecule has 1 aliphatic rings. The molecule has 1 aliphatic heterocycles. The Hall–Kier alpha value is -1.78. The second kappa shape index (κ2) is 4.38. The number of nitrogens with zero attached hydrogens (tertiary/aromatic N) is 2. The fraction of sp³-hybridized carbons (Fsp3) is 0.455. The topological polar surface area (TPSA) is 58.2 Å². The van der Waals surface area contributed by atoms with Crippen molar-refractivity contribution in [1.82, 2.24) is 14.9 Å². The van der Waals surface area contributed by atoms with E-state index in [2.05, 4.69) is 16.5 Å². The molecule has 0 aromatic carbocycles. The first-order chi connectivity index (χ1) is 7.74. The van der Waals surface area contributed by atoms with Gasteiger partial charge in [-0.15, -0.1) is 0 Å². The number of H-pyrrole nitrogens is 1. The zero-order chi connectivity index (χ0) is 11.5. The van der Waals surface area contributed by atoms with Crippen LogP contribution in [0.15, 0.2) is 19.0 Å². The lowest BCUT2D eigenvalue weighted by Crippen LogP contribution is -2.39. The molecule has 16 heavy (non-hydrogen) atoms. The first-order valence-corrected chi connectivity index (χ1v) is 5.30. The average Bonchev–Trinajstić information content (AvgIpc) is 2.75. The molecule has 1 N–H and O–H groups in total. The van der Waals surface area contributed by atoms with Gasteiger partial charge in [-0.2, -0.15) is 0 Å². The van der Waals surface area contributed by atoms with Crippen LogP contribution in [0.2, 0.25) is 0 Å². The van der Waals surface area contributed by atoms with E-state index in [4.69, 9.17) is 4.74 Å². The van der Waals surface area contributed by atoms with Crippen LogP contribution in [-0.2, 0) is 11.2 Å². The van der Waals surface area contributed by atoms with E-state index in [9.17, 15) is 4.79 Å². The van der Waals surface area contributed by atoms with Crippen LogP contribution in [0, 0.1) is 0 Å². The van der Waals surface area contributed by atoms with Gasteiger partial charge in [-0.3, -0.25) is 4.90 Å². The normalized spacial score (nSPS) is 19.1. The van der Waals surface area contributed by atoms with Gasteiger partial charge in [0.1, 0.15) is 6.61 Å². The summed E-state index contributed by atoms with van der Waals surface area (Å²) >= 11 is 0. The minimum absolute atomic E-state index is 0.0349. The van der Waals surface area contributed by atoms with E-state index < -0.39 is 0 Å². The molecule has 1 aromatic rings. The molecule has 0 fully saturated rings. The number of fused-ring (bicyclic) bond motifs is 1. The minimum Gasteiger partial charge on any atom is -0.445 e. The van der Waals surface area contributed by atoms with Crippen LogP contribution >= 0.6 is 0 Å². The van der Waals surface area contributed by atoms with E-state index in [1.165, 1.54) is 0 Å². The highest BCUT2D eigenvalue weighted by Crippen LogP contribution is 2.26. The van der Waals surface area contributed by atoms with Gasteiger partial charge in [0.15, 0.2) is 0 Å². The van der Waals surface area contributed by atoms with Gasteiger partial charge in [-0.25, -0.2) is 9.78 Å². The third-order valence-corrected chi connectivity index (χ3v) is 2.78. The lowest BCUT2D eigenvalue weighted by molar-refractivity contribution is 0.0937. The molecule has 2 rings (SSSR count). The summed E-state index contributed by atoms with van der Waals surface area (Å²) in [6.45, 7) is 6.37. The van der Waals surface area contributed by atoms with Crippen LogP contribution in [0.25, 0.3) is 0 Å². The second-order valence-electron chi connectivity index (χ2n) is 3.75. The molecule has 0 spiro atoms. The molecule has 1 aromatic heterocycles. The number of aromatic amines is 1. The molecule has 1 amide bonds. The highest BCUT2D eigenvalue weighted by molar-refractivity contribution is 5.68. The van der Waals surface area contributed by atoms with Crippen molar-refractivity contribution in [2.75, 3.05) is 13.2 Å². The van der Waals surface area contributed by atoms with Gasteiger partial charge in [0.25, 0.3) is 0 Å². The average molecular weight is 221 g/mol. The molecule has 5 nitrogen and oxygen atoms in total. The molecule has 1 unspecified atom stereocenters. The van der Waals surface area contributed by atoms with Crippen molar-refractivity contribution in [1.29, 1.82) is 0 Å². The monoisotopic (exact) mass is 221 g/mol. The van der Waals surface area contributed by atoms with Gasteiger partial charge < -0.3 is 9.72 Å². The summed E-state index contributed by atoms with van der Waals surface area (Å²) in [7, 11) is 0. The maximum Gasteiger partial charge on any atom is 0.410 e. The summed E-state index contributed by atoms with van der Waals surface area (Å²) in [5, 5.41) is 0. The standard InChI is InChI=1S/C11H15N3O2/c1-3-6-16-11(15)14-5-4-9-10(8(14)2)13-7-12-9/h3,7-8H,1,4-6H2,2H3,(H,12,13). The SMILES string of the molecule is C=CCOC(=O)N1CCc2[nH]cnc2C1C. The molecule has 2 heterocycles. The number of hydrogen-bond donors (Lipinski definition) is 1. The maximum atomic E-state index is 11.7. The number of aromatic nitrogens is 2. The predicted molar refractivity (Wildman–Crippen MR) is 59.0 cm³/mol. The van der Waals surface area contributed by atoms with Gasteiger partial charge in [0, 0.05) is 18.7 Å². The zero-order valence-corrected chi connectivity index (χ0v) is 9.27. The fourth-order valence-electron chi connectivity index (χ4n) is 1.93. The molecule has 0 aliphatic carbocycles. The number of carbonyl (C=O) groups is 1. The molecule has 0 saturated heterocycles. The Labute approximate surface area is 94.1 Å². The van der Waals surface area contributed by atoms with Gasteiger partial charge in [-0.1, -0.05) is 12.7 Å². The summed E-state index contributed by atoms with van der Waals surface area (Å²) in [5.41, 5.74) is 2.04. The van der Waals surface area contributed by atoms with E-state index in [0.29, 0.717) is 6.54 Å². The van der Waals surface area contributed by atoms with Gasteiger partial charge in [0.2, 0.25) is 0 Å². The van der Waals surface area contributed by atoms with E-state index in [0.717, 1.165) is 17.8 Å². The van der Waals surface area contributed by atoms with Crippen LogP contribution in [0.3, 0.4) is 0 Å². The van der Waals surface area contributed by atoms with Crippen LogP contribution in [0.5, 0.6) is 0 Å². The Kier molecular flexibility index (Phi) is 2.94. The Morgan fingerprint density at radius 1 is 1.88 bits per heavy atom. The summed E-state index contributed by atoms with van der Waals surface area (Å²) in [5.74, 6) is 0. The molecule has 1 atom stereocenters. The molecule has 0 saturated carbocycles. The molecule has 5 heteroatoms. The highest BCUT2D eigenvalue weighted by Gasteiger charge is 2.30. The zero-order valence-electron chi connectivity index (χ0n) is 9.27. The van der Waals surface area contributed by atoms with Gasteiger partial charge in [0.05, 0.1) is 18.1 Å². The summed E-state index contributed by atoms with van der Waals surface area (Å²) in [6.07, 6.45) is 3.72. The molecular weight excluding hydrogens is 206 g/mol. The Morgan fingerprint density at radius 2 is 2.69 bits per heavy atom. The van der Waals surface area contributed by atoms with E-state index in [1.807, 2.05) is 6.92 Å². The van der Waals surface area contributed by atoms with Crippen molar-refractivity contribution in [2.24, 2.45) is 0 Å². The molecule has 0 radical (unpaired) electrons. The number of amides is 1. The first-order valence-electron chi connectivity index (χ1n) is 5.30. The van der Waals surface area contributed by atoms with E-state index in [-0.39, 0.29) is 18.7 Å². The molecular formula is C11H15N3O2. The fourth-order valence-corrected chi connectivity index (χ4v) is 1.93. The molecule has 86 valence electrons. The number of carbonyl (C=O) groups excluding carboxylic acids is 1. The lowest BCUT2D eigenvalue weighted by atomic mass is 10.1. The molecule has 0 bridgehead atoms. The Morgan fingerprint density at radius 3 is 3.44 bits per heavy atom. The largest absolute Gasteiger partial charge is 0.445 e. The van der Waals surface area contributed by atoms with Crippen molar-refractivity contribution >= 4 is 6.09 Å². The number of rotatable bonds is 2. The Balaban J connectivity index is 2.09. The number of imidazole rings is 1. The quantitative estimate of drug-likeness (QED) is 0.772. The van der Waals surface area contributed by atoms with Crippen LogP contribution in [0.4, 0.5) is 4.79 Å². The second-order valence-corrected chi connectivity index (χ2v) is 3.75. The maximum absolute atomic E-state index is 11.7. The Bertz CT molecular complexity index is 400. The summed E-state index contributed by atoms with van der Waals surface area (Å²) < 4.78 is 5.02. The minimum atomic E-state index is -0.305. The third-order valence-electron chi connectivity index (χ3n) is 2.78. The van der Waals surface area contributed by atoms with Crippen LogP contribution < -0.4 is 0 Å². The van der Waals surface area contributed by atoms with Crippen LogP contribution in [-0.4, -0.2) is 34.1 Å². The predicted octanol–water partition coefficient (Wildman–Crippen LogP) is 1.65. The van der Waals surface area contributed by atoms with Gasteiger partial charge in [-0.05, 0) is 6.92 Å². The smallest absolute Gasteiger partial charge is 0.410 e. The van der Waals surface area contributed by atoms with Crippen molar-refractivity contribution in [3.05, 3.63) is 30.4 Å². The third kappa shape index (κ3) is 1.80. The van der Waals surface area contributed by atoms with E-state index in [1.54, 1.807) is 17.3 Å². The van der Waals surface area contributed by atoms with Crippen molar-refractivity contribution < 1.29 is 9.53 Å². The number of ether oxygens (including phenoxy) is 1. The van der Waals surface area contributed by atoms with E-state index >= 15 is 0 Å². The lowest BCUT2D eigenvalue weighted by Gasteiger charge is -2.31. The van der Waals surface area contributed by atoms with Crippen LogP contribution in [0.1, 0.15) is 24.4 Å². The highest BCUT2D eigenvalue weighted by atomic mass is 16.6. The first kappa shape index (κ1) is 10.7. The van der Waals surface area contributed by atoms with Gasteiger partial charge >= 0.3 is 6.09 Å². The summed E-state index contributed by atoms with van der Waals surface area (Å²) in [6, 6.07) is -0.0349.